The van der Waals surface area contributed by atoms with Crippen LogP contribution in [0.1, 0.15) is 60.2 Å². The molecule has 10 heteroatoms. The smallest absolute Gasteiger partial charge is 0.255 e. The summed E-state index contributed by atoms with van der Waals surface area (Å²) >= 11 is 0. The Labute approximate surface area is 198 Å². The van der Waals surface area contributed by atoms with Crippen LogP contribution in [0, 0.1) is 5.92 Å². The highest BCUT2D eigenvalue weighted by molar-refractivity contribution is 7.89. The molecule has 9 nitrogen and oxygen atoms in total. The summed E-state index contributed by atoms with van der Waals surface area (Å²) in [6.45, 7) is 3.44. The SMILES string of the molecule is COc1ccc(C(=O)Nc2cc3c(cc2C(C)=O)OCO3)cc1S(=O)(=O)NC1CCCCC1C. The number of methoxy groups -OCH3 is 1. The maximum absolute atomic E-state index is 13.2. The molecule has 4 rings (SSSR count). The number of carbonyl (C=O) groups excluding carboxylic acids is 2. The Kier molecular flexibility index (Phi) is 6.81. The number of fused-ring (bicyclic) bond motifs is 1. The van der Waals surface area contributed by atoms with Crippen LogP contribution in [0.5, 0.6) is 17.2 Å². The molecule has 0 aromatic heterocycles. The number of ether oxygens (including phenoxy) is 3. The van der Waals surface area contributed by atoms with Gasteiger partial charge in [0, 0.05) is 23.2 Å². The van der Waals surface area contributed by atoms with E-state index in [9.17, 15) is 18.0 Å². The third kappa shape index (κ3) is 4.88. The summed E-state index contributed by atoms with van der Waals surface area (Å²) in [7, 11) is -2.56. The van der Waals surface area contributed by atoms with Crippen LogP contribution in [0.15, 0.2) is 35.2 Å². The van der Waals surface area contributed by atoms with Gasteiger partial charge in [-0.1, -0.05) is 19.8 Å². The van der Waals surface area contributed by atoms with Crippen LogP contribution in [0.4, 0.5) is 5.69 Å². The third-order valence-corrected chi connectivity index (χ3v) is 7.78. The predicted molar refractivity (Wildman–Crippen MR) is 125 cm³/mol. The predicted octanol–water partition coefficient (Wildman–Crippen LogP) is 3.74. The zero-order valence-corrected chi connectivity index (χ0v) is 20.2. The third-order valence-electron chi connectivity index (χ3n) is 6.27. The van der Waals surface area contributed by atoms with Gasteiger partial charge in [0.25, 0.3) is 5.91 Å². The summed E-state index contributed by atoms with van der Waals surface area (Å²) in [5, 5.41) is 2.69. The standard InChI is InChI=1S/C24H28N2O7S/c1-14-6-4-5-7-18(14)26-34(29,30)23-10-16(8-9-20(23)31-3)24(28)25-19-12-22-21(32-13-33-22)11-17(19)15(2)27/h8-12,14,18,26H,4-7,13H2,1-3H3,(H,25,28). The van der Waals surface area contributed by atoms with Crippen LogP contribution in [-0.4, -0.2) is 40.1 Å². The monoisotopic (exact) mass is 488 g/mol. The van der Waals surface area contributed by atoms with Crippen LogP contribution in [-0.2, 0) is 10.0 Å². The summed E-state index contributed by atoms with van der Waals surface area (Å²) in [5.41, 5.74) is 0.605. The maximum Gasteiger partial charge on any atom is 0.255 e. The first-order chi connectivity index (χ1) is 16.2. The second-order valence-electron chi connectivity index (χ2n) is 8.62. The van der Waals surface area contributed by atoms with Crippen molar-refractivity contribution in [2.45, 2.75) is 50.5 Å². The van der Waals surface area contributed by atoms with Crippen molar-refractivity contribution >= 4 is 27.4 Å². The highest BCUT2D eigenvalue weighted by atomic mass is 32.2. The van der Waals surface area contributed by atoms with E-state index in [1.54, 1.807) is 0 Å². The Morgan fingerprint density at radius 2 is 1.76 bits per heavy atom. The molecule has 2 aromatic carbocycles. The Bertz CT molecular complexity index is 1230. The zero-order chi connectivity index (χ0) is 24.5. The van der Waals surface area contributed by atoms with Crippen molar-refractivity contribution < 1.29 is 32.2 Å². The van der Waals surface area contributed by atoms with Crippen LogP contribution >= 0.6 is 0 Å². The second kappa shape index (κ2) is 9.63. The molecule has 0 bridgehead atoms. The number of benzene rings is 2. The molecule has 0 spiro atoms. The van der Waals surface area contributed by atoms with Crippen molar-refractivity contribution in [2.24, 2.45) is 5.92 Å². The Balaban J connectivity index is 1.63. The molecule has 2 N–H and O–H groups in total. The van der Waals surface area contributed by atoms with E-state index in [0.29, 0.717) is 11.5 Å². The van der Waals surface area contributed by atoms with E-state index in [0.717, 1.165) is 25.7 Å². The van der Waals surface area contributed by atoms with Crippen LogP contribution in [0.25, 0.3) is 0 Å². The topological polar surface area (TPSA) is 120 Å². The van der Waals surface area contributed by atoms with E-state index in [4.69, 9.17) is 14.2 Å². The van der Waals surface area contributed by atoms with Crippen molar-refractivity contribution in [2.75, 3.05) is 19.2 Å². The highest BCUT2D eigenvalue weighted by Crippen LogP contribution is 2.37. The summed E-state index contributed by atoms with van der Waals surface area (Å²) in [6, 6.07) is 7.05. The fourth-order valence-electron chi connectivity index (χ4n) is 4.31. The lowest BCUT2D eigenvalue weighted by Gasteiger charge is -2.29. The molecule has 2 atom stereocenters. The second-order valence-corrected chi connectivity index (χ2v) is 10.3. The molecule has 1 aliphatic carbocycles. The minimum atomic E-state index is -3.94. The summed E-state index contributed by atoms with van der Waals surface area (Å²) < 4.78 is 45.2. The molecule has 2 aliphatic rings. The largest absolute Gasteiger partial charge is 0.495 e. The van der Waals surface area contributed by atoms with Crippen molar-refractivity contribution in [3.63, 3.8) is 0 Å². The molecule has 2 unspecified atom stereocenters. The Hall–Kier alpha value is -3.11. The average Bonchev–Trinajstić information content (AvgIpc) is 3.27. The zero-order valence-electron chi connectivity index (χ0n) is 19.3. The van der Waals surface area contributed by atoms with Crippen molar-refractivity contribution in [3.05, 3.63) is 41.5 Å². The van der Waals surface area contributed by atoms with Gasteiger partial charge in [-0.15, -0.1) is 0 Å². The lowest BCUT2D eigenvalue weighted by Crippen LogP contribution is -2.41. The maximum atomic E-state index is 13.2. The van der Waals surface area contributed by atoms with Crippen molar-refractivity contribution in [1.82, 2.24) is 4.72 Å². The number of anilines is 1. The summed E-state index contributed by atoms with van der Waals surface area (Å²) in [6.07, 6.45) is 3.77. The fourth-order valence-corrected chi connectivity index (χ4v) is 5.89. The van der Waals surface area contributed by atoms with Gasteiger partial charge in [-0.25, -0.2) is 13.1 Å². The van der Waals surface area contributed by atoms with Crippen molar-refractivity contribution in [1.29, 1.82) is 0 Å². The number of Topliss-reactive ketones (excluding diaryl/α,β-unsaturated/α-hetero) is 1. The number of hydrogen-bond acceptors (Lipinski definition) is 7. The van der Waals surface area contributed by atoms with Gasteiger partial charge in [-0.2, -0.15) is 0 Å². The molecule has 1 amide bonds. The lowest BCUT2D eigenvalue weighted by atomic mass is 9.87. The van der Waals surface area contributed by atoms with Gasteiger partial charge in [0.05, 0.1) is 12.8 Å². The van der Waals surface area contributed by atoms with Crippen LogP contribution in [0.3, 0.4) is 0 Å². The summed E-state index contributed by atoms with van der Waals surface area (Å²) in [5.74, 6) is 0.342. The minimum Gasteiger partial charge on any atom is -0.495 e. The number of nitrogens with one attached hydrogen (secondary N) is 2. The van der Waals surface area contributed by atoms with Gasteiger partial charge in [0.1, 0.15) is 10.6 Å². The van der Waals surface area contributed by atoms with E-state index < -0.39 is 15.9 Å². The van der Waals surface area contributed by atoms with E-state index >= 15 is 0 Å². The lowest BCUT2D eigenvalue weighted by molar-refractivity contribution is 0.101. The normalized spacial score (nSPS) is 19.5. The van der Waals surface area contributed by atoms with E-state index in [-0.39, 0.29) is 52.0 Å². The molecule has 1 heterocycles. The molecular weight excluding hydrogens is 460 g/mol. The number of amides is 1. The van der Waals surface area contributed by atoms with Crippen LogP contribution < -0.4 is 24.2 Å². The molecule has 182 valence electrons. The summed E-state index contributed by atoms with van der Waals surface area (Å²) in [4.78, 5) is 25.1. The highest BCUT2D eigenvalue weighted by Gasteiger charge is 2.29. The Morgan fingerprint density at radius 1 is 1.06 bits per heavy atom. The number of rotatable bonds is 7. The first kappa shape index (κ1) is 24.0. The van der Waals surface area contributed by atoms with Gasteiger partial charge in [-0.3, -0.25) is 9.59 Å². The molecule has 0 radical (unpaired) electrons. The van der Waals surface area contributed by atoms with Gasteiger partial charge < -0.3 is 19.5 Å². The first-order valence-corrected chi connectivity index (χ1v) is 12.6. The fraction of sp³-hybridized carbons (Fsp3) is 0.417. The molecule has 1 saturated carbocycles. The first-order valence-electron chi connectivity index (χ1n) is 11.2. The van der Waals surface area contributed by atoms with Crippen LogP contribution in [0.2, 0.25) is 0 Å². The minimum absolute atomic E-state index is 0.0242. The van der Waals surface area contributed by atoms with E-state index in [1.807, 2.05) is 6.92 Å². The van der Waals surface area contributed by atoms with Gasteiger partial charge in [0.2, 0.25) is 16.8 Å². The van der Waals surface area contributed by atoms with Gasteiger partial charge >= 0.3 is 0 Å². The van der Waals surface area contributed by atoms with E-state index in [2.05, 4.69) is 10.0 Å². The van der Waals surface area contributed by atoms with Gasteiger partial charge in [-0.05, 0) is 49.9 Å². The average molecular weight is 489 g/mol. The number of carbonyl (C=O) groups is 2. The number of hydrogen-bond donors (Lipinski definition) is 2. The Morgan fingerprint density at radius 3 is 2.44 bits per heavy atom. The molecule has 1 aliphatic heterocycles. The van der Waals surface area contributed by atoms with Gasteiger partial charge in [0.15, 0.2) is 17.3 Å². The molecule has 1 fully saturated rings. The molecule has 34 heavy (non-hydrogen) atoms. The van der Waals surface area contributed by atoms with E-state index in [1.165, 1.54) is 44.4 Å². The number of sulfonamides is 1. The van der Waals surface area contributed by atoms with Crippen molar-refractivity contribution in [3.8, 4) is 17.2 Å². The molecule has 2 aromatic rings. The quantitative estimate of drug-likeness (QED) is 0.570. The molecular formula is C24H28N2O7S. The molecule has 0 saturated heterocycles. The number of ketones is 1.